The Kier molecular flexibility index (Phi) is 7.05. The van der Waals surface area contributed by atoms with Crippen molar-refractivity contribution >= 4 is 41.2 Å². The Morgan fingerprint density at radius 3 is 2.36 bits per heavy atom. The third kappa shape index (κ3) is 6.95. The monoisotopic (exact) mass is 414 g/mol. The number of carbonyl (C=O) groups is 2. The van der Waals surface area contributed by atoms with Crippen LogP contribution in [0.15, 0.2) is 53.4 Å². The second-order valence-electron chi connectivity index (χ2n) is 5.25. The van der Waals surface area contributed by atoms with E-state index < -0.39 is 23.3 Å². The summed E-state index contributed by atoms with van der Waals surface area (Å²) in [6, 6.07) is 9.03. The van der Waals surface area contributed by atoms with Gasteiger partial charge in [0.25, 0.3) is 0 Å². The number of halogens is 4. The van der Waals surface area contributed by atoms with E-state index in [1.165, 1.54) is 48.6 Å². The minimum atomic E-state index is -4.37. The van der Waals surface area contributed by atoms with Crippen molar-refractivity contribution in [2.45, 2.75) is 10.4 Å². The molecular formula is C18H14F4N2O3S. The molecule has 0 aromatic heterocycles. The average molecular weight is 414 g/mol. The van der Waals surface area contributed by atoms with Crippen LogP contribution in [0.1, 0.15) is 5.56 Å². The highest BCUT2D eigenvalue weighted by atomic mass is 32.2. The van der Waals surface area contributed by atoms with Crippen molar-refractivity contribution in [2.24, 2.45) is 0 Å². The van der Waals surface area contributed by atoms with Gasteiger partial charge in [-0.3, -0.25) is 10.1 Å². The van der Waals surface area contributed by atoms with Crippen molar-refractivity contribution in [1.29, 1.82) is 0 Å². The molecule has 0 aliphatic rings. The standard InChI is InChI=1S/C18H14F4N2O3S/c1-27-17(26)24-15-10-12(5-8-14(15)19)23-16(25)9-4-11-2-6-13(7-3-11)28-18(20,21)22/h2-10H,1H3,(H,23,25)(H,24,26)/b9-4+. The van der Waals surface area contributed by atoms with Gasteiger partial charge in [0, 0.05) is 16.7 Å². The molecule has 5 nitrogen and oxygen atoms in total. The summed E-state index contributed by atoms with van der Waals surface area (Å²) in [6.45, 7) is 0. The van der Waals surface area contributed by atoms with Gasteiger partial charge in [0.1, 0.15) is 5.82 Å². The molecule has 0 fully saturated rings. The summed E-state index contributed by atoms with van der Waals surface area (Å²) in [6.07, 6.45) is 1.71. The first-order chi connectivity index (χ1) is 13.2. The topological polar surface area (TPSA) is 67.4 Å². The molecule has 28 heavy (non-hydrogen) atoms. The average Bonchev–Trinajstić information content (AvgIpc) is 2.62. The molecule has 0 heterocycles. The molecule has 2 aromatic rings. The highest BCUT2D eigenvalue weighted by Gasteiger charge is 2.28. The highest BCUT2D eigenvalue weighted by molar-refractivity contribution is 8.00. The molecule has 0 unspecified atom stereocenters. The van der Waals surface area contributed by atoms with Gasteiger partial charge in [0.15, 0.2) is 0 Å². The number of thioether (sulfide) groups is 1. The molecule has 0 radical (unpaired) electrons. The van der Waals surface area contributed by atoms with Crippen LogP contribution in [0.5, 0.6) is 0 Å². The summed E-state index contributed by atoms with van der Waals surface area (Å²) in [4.78, 5) is 23.2. The van der Waals surface area contributed by atoms with Crippen LogP contribution in [-0.4, -0.2) is 24.6 Å². The fourth-order valence-corrected chi connectivity index (χ4v) is 2.54. The zero-order valence-corrected chi connectivity index (χ0v) is 15.2. The van der Waals surface area contributed by atoms with Gasteiger partial charge in [-0.05, 0) is 53.7 Å². The normalized spacial score (nSPS) is 11.3. The number of amides is 2. The number of alkyl halides is 3. The first-order valence-electron chi connectivity index (χ1n) is 7.65. The predicted octanol–water partition coefficient (Wildman–Crippen LogP) is 5.27. The Morgan fingerprint density at radius 2 is 1.75 bits per heavy atom. The Bertz CT molecular complexity index is 883. The molecule has 10 heteroatoms. The smallest absolute Gasteiger partial charge is 0.446 e. The molecule has 0 saturated heterocycles. The van der Waals surface area contributed by atoms with E-state index in [-0.39, 0.29) is 28.0 Å². The Labute approximate surface area is 161 Å². The molecule has 0 aliphatic carbocycles. The van der Waals surface area contributed by atoms with Crippen LogP contribution < -0.4 is 10.6 Å². The Morgan fingerprint density at radius 1 is 1.07 bits per heavy atom. The quantitative estimate of drug-likeness (QED) is 0.398. The van der Waals surface area contributed by atoms with Crippen molar-refractivity contribution in [3.8, 4) is 0 Å². The fourth-order valence-electron chi connectivity index (χ4n) is 2.00. The van der Waals surface area contributed by atoms with Gasteiger partial charge in [-0.1, -0.05) is 12.1 Å². The third-order valence-electron chi connectivity index (χ3n) is 3.20. The summed E-state index contributed by atoms with van der Waals surface area (Å²) in [7, 11) is 1.12. The van der Waals surface area contributed by atoms with E-state index in [4.69, 9.17) is 0 Å². The fraction of sp³-hybridized carbons (Fsp3) is 0.111. The maximum absolute atomic E-state index is 13.6. The number of rotatable bonds is 5. The Balaban J connectivity index is 2.00. The van der Waals surface area contributed by atoms with E-state index in [2.05, 4.69) is 15.4 Å². The van der Waals surface area contributed by atoms with Crippen molar-refractivity contribution in [2.75, 3.05) is 17.7 Å². The minimum absolute atomic E-state index is 0.0334. The van der Waals surface area contributed by atoms with Crippen LogP contribution in [0.2, 0.25) is 0 Å². The summed E-state index contributed by atoms with van der Waals surface area (Å²) in [5.74, 6) is -1.26. The summed E-state index contributed by atoms with van der Waals surface area (Å²) in [5.41, 5.74) is -3.80. The van der Waals surface area contributed by atoms with Crippen molar-refractivity contribution in [3.05, 3.63) is 59.9 Å². The van der Waals surface area contributed by atoms with Gasteiger partial charge in [0.05, 0.1) is 12.8 Å². The molecule has 148 valence electrons. The molecule has 2 aromatic carbocycles. The molecular weight excluding hydrogens is 400 g/mol. The van der Waals surface area contributed by atoms with E-state index in [1.807, 2.05) is 0 Å². The van der Waals surface area contributed by atoms with E-state index in [9.17, 15) is 27.2 Å². The van der Waals surface area contributed by atoms with Crippen LogP contribution in [0.3, 0.4) is 0 Å². The molecule has 2 rings (SSSR count). The first kappa shape index (κ1) is 21.3. The minimum Gasteiger partial charge on any atom is -0.453 e. The van der Waals surface area contributed by atoms with Gasteiger partial charge in [-0.25, -0.2) is 9.18 Å². The van der Waals surface area contributed by atoms with Crippen LogP contribution >= 0.6 is 11.8 Å². The third-order valence-corrected chi connectivity index (χ3v) is 3.94. The molecule has 0 saturated carbocycles. The number of nitrogens with one attached hydrogen (secondary N) is 2. The van der Waals surface area contributed by atoms with E-state index in [0.29, 0.717) is 5.56 Å². The maximum atomic E-state index is 13.6. The second-order valence-corrected chi connectivity index (χ2v) is 6.39. The molecule has 0 atom stereocenters. The van der Waals surface area contributed by atoms with Gasteiger partial charge in [-0.15, -0.1) is 0 Å². The lowest BCUT2D eigenvalue weighted by Crippen LogP contribution is -2.13. The lowest BCUT2D eigenvalue weighted by Gasteiger charge is -2.08. The van der Waals surface area contributed by atoms with Gasteiger partial charge in [-0.2, -0.15) is 13.2 Å². The molecule has 2 N–H and O–H groups in total. The number of hydrogen-bond donors (Lipinski definition) is 2. The zero-order chi connectivity index (χ0) is 20.7. The van der Waals surface area contributed by atoms with E-state index in [1.54, 1.807) is 0 Å². The number of anilines is 2. The lowest BCUT2D eigenvalue weighted by atomic mass is 10.2. The lowest BCUT2D eigenvalue weighted by molar-refractivity contribution is -0.111. The molecule has 0 aliphatic heterocycles. The summed E-state index contributed by atoms with van der Waals surface area (Å²) >= 11 is -0.229. The van der Waals surface area contributed by atoms with Gasteiger partial charge in [0.2, 0.25) is 5.91 Å². The van der Waals surface area contributed by atoms with E-state index in [0.717, 1.165) is 13.2 Å². The molecule has 0 spiro atoms. The van der Waals surface area contributed by atoms with Crippen LogP contribution in [0.25, 0.3) is 6.08 Å². The first-order valence-corrected chi connectivity index (χ1v) is 8.47. The van der Waals surface area contributed by atoms with Crippen LogP contribution in [0, 0.1) is 5.82 Å². The van der Waals surface area contributed by atoms with Gasteiger partial charge < -0.3 is 10.1 Å². The van der Waals surface area contributed by atoms with Crippen LogP contribution in [0.4, 0.5) is 33.7 Å². The number of methoxy groups -OCH3 is 1. The van der Waals surface area contributed by atoms with Crippen molar-refractivity contribution in [3.63, 3.8) is 0 Å². The summed E-state index contributed by atoms with van der Waals surface area (Å²) in [5, 5.41) is 4.64. The highest BCUT2D eigenvalue weighted by Crippen LogP contribution is 2.36. The largest absolute Gasteiger partial charge is 0.453 e. The SMILES string of the molecule is COC(=O)Nc1cc(NC(=O)/C=C/c2ccc(SC(F)(F)F)cc2)ccc1F. The predicted molar refractivity (Wildman–Crippen MR) is 98.4 cm³/mol. The number of carbonyl (C=O) groups excluding carboxylic acids is 2. The van der Waals surface area contributed by atoms with Gasteiger partial charge >= 0.3 is 11.6 Å². The maximum Gasteiger partial charge on any atom is 0.446 e. The second kappa shape index (κ2) is 9.27. The number of benzene rings is 2. The number of hydrogen-bond acceptors (Lipinski definition) is 4. The Hall–Kier alpha value is -3.01. The van der Waals surface area contributed by atoms with Crippen molar-refractivity contribution < 1.29 is 31.9 Å². The van der Waals surface area contributed by atoms with Crippen molar-refractivity contribution in [1.82, 2.24) is 0 Å². The molecule has 2 amide bonds. The zero-order valence-electron chi connectivity index (χ0n) is 14.3. The summed E-state index contributed by atoms with van der Waals surface area (Å²) < 4.78 is 54.9. The van der Waals surface area contributed by atoms with E-state index >= 15 is 0 Å². The van der Waals surface area contributed by atoms with Crippen LogP contribution in [-0.2, 0) is 9.53 Å². The number of ether oxygens (including phenoxy) is 1. The molecule has 0 bridgehead atoms.